The van der Waals surface area contributed by atoms with Crippen LogP contribution in [-0.2, 0) is 0 Å². The van der Waals surface area contributed by atoms with E-state index in [4.69, 9.17) is 5.26 Å². The summed E-state index contributed by atoms with van der Waals surface area (Å²) >= 11 is 3.38. The van der Waals surface area contributed by atoms with Gasteiger partial charge in [0.1, 0.15) is 6.07 Å². The molecule has 4 heteroatoms. The van der Waals surface area contributed by atoms with Crippen molar-refractivity contribution in [3.8, 4) is 6.07 Å². The van der Waals surface area contributed by atoms with Crippen LogP contribution in [0.2, 0.25) is 0 Å². The maximum Gasteiger partial charge on any atom is 0.101 e. The van der Waals surface area contributed by atoms with Crippen LogP contribution in [0.4, 0.5) is 5.69 Å². The van der Waals surface area contributed by atoms with Gasteiger partial charge in [0, 0.05) is 29.6 Å². The molecule has 0 heterocycles. The monoisotopic (exact) mass is 323 g/mol. The first-order valence-corrected chi connectivity index (χ1v) is 7.44. The quantitative estimate of drug-likeness (QED) is 0.864. The van der Waals surface area contributed by atoms with Gasteiger partial charge in [-0.25, -0.2) is 0 Å². The van der Waals surface area contributed by atoms with E-state index < -0.39 is 0 Å². The van der Waals surface area contributed by atoms with Crippen LogP contribution < -0.4 is 5.32 Å². The first-order valence-electron chi connectivity index (χ1n) is 6.65. The second kappa shape index (κ2) is 7.52. The van der Waals surface area contributed by atoms with Crippen molar-refractivity contribution in [2.24, 2.45) is 0 Å². The number of nitriles is 1. The average Bonchev–Trinajstić information content (AvgIpc) is 2.34. The van der Waals surface area contributed by atoms with Crippen LogP contribution in [0, 0.1) is 11.3 Å². The molecular weight excluding hydrogens is 302 g/mol. The van der Waals surface area contributed by atoms with Crippen LogP contribution in [0.25, 0.3) is 0 Å². The lowest BCUT2D eigenvalue weighted by molar-refractivity contribution is 0.182. The van der Waals surface area contributed by atoms with Crippen molar-refractivity contribution >= 4 is 21.6 Å². The lowest BCUT2D eigenvalue weighted by atomic mass is 10.2. The predicted molar refractivity (Wildman–Crippen MR) is 84.3 cm³/mol. The zero-order chi connectivity index (χ0) is 14.4. The van der Waals surface area contributed by atoms with Crippen molar-refractivity contribution in [1.82, 2.24) is 4.90 Å². The molecule has 0 aromatic heterocycles. The van der Waals surface area contributed by atoms with Crippen molar-refractivity contribution in [2.75, 3.05) is 18.4 Å². The van der Waals surface area contributed by atoms with Gasteiger partial charge in [-0.2, -0.15) is 5.26 Å². The molecule has 0 spiro atoms. The molecule has 0 bridgehead atoms. The van der Waals surface area contributed by atoms with Crippen LogP contribution in [-0.4, -0.2) is 30.1 Å². The van der Waals surface area contributed by atoms with E-state index >= 15 is 0 Å². The molecule has 3 nitrogen and oxygen atoms in total. The Morgan fingerprint density at radius 2 is 1.89 bits per heavy atom. The Hall–Kier alpha value is -1.05. The third kappa shape index (κ3) is 4.85. The number of hydrogen-bond acceptors (Lipinski definition) is 3. The van der Waals surface area contributed by atoms with Gasteiger partial charge in [0.25, 0.3) is 0 Å². The SMILES string of the molecule is CC(C)N(CCNc1ccc(Br)cc1C#N)C(C)C. The summed E-state index contributed by atoms with van der Waals surface area (Å²) in [6.07, 6.45) is 0. The predicted octanol–water partition coefficient (Wildman–Crippen LogP) is 3.85. The maximum atomic E-state index is 9.11. The molecule has 0 aliphatic rings. The molecule has 0 amide bonds. The van der Waals surface area contributed by atoms with Crippen LogP contribution in [0.15, 0.2) is 22.7 Å². The maximum absolute atomic E-state index is 9.11. The first-order chi connectivity index (χ1) is 8.95. The van der Waals surface area contributed by atoms with Gasteiger partial charge in [-0.05, 0) is 45.9 Å². The van der Waals surface area contributed by atoms with E-state index in [1.165, 1.54) is 0 Å². The largest absolute Gasteiger partial charge is 0.383 e. The van der Waals surface area contributed by atoms with Crippen LogP contribution in [0.3, 0.4) is 0 Å². The van der Waals surface area contributed by atoms with Crippen LogP contribution in [0.1, 0.15) is 33.3 Å². The highest BCUT2D eigenvalue weighted by molar-refractivity contribution is 9.10. The normalized spacial score (nSPS) is 11.1. The highest BCUT2D eigenvalue weighted by Gasteiger charge is 2.12. The highest BCUT2D eigenvalue weighted by Crippen LogP contribution is 2.20. The molecule has 0 saturated carbocycles. The second-order valence-electron chi connectivity index (χ2n) is 5.15. The van der Waals surface area contributed by atoms with Crippen LogP contribution in [0.5, 0.6) is 0 Å². The van der Waals surface area contributed by atoms with Gasteiger partial charge in [-0.3, -0.25) is 4.90 Å². The summed E-state index contributed by atoms with van der Waals surface area (Å²) in [5.41, 5.74) is 1.58. The van der Waals surface area contributed by atoms with Gasteiger partial charge in [0.2, 0.25) is 0 Å². The average molecular weight is 324 g/mol. The fourth-order valence-electron chi connectivity index (χ4n) is 2.20. The Morgan fingerprint density at radius 1 is 1.26 bits per heavy atom. The zero-order valence-electron chi connectivity index (χ0n) is 12.1. The number of halogens is 1. The van der Waals surface area contributed by atoms with Gasteiger partial charge < -0.3 is 5.32 Å². The molecule has 1 aromatic rings. The Morgan fingerprint density at radius 3 is 2.42 bits per heavy atom. The summed E-state index contributed by atoms with van der Waals surface area (Å²) in [6, 6.07) is 9.00. The minimum absolute atomic E-state index is 0.530. The van der Waals surface area contributed by atoms with Crippen molar-refractivity contribution < 1.29 is 0 Å². The summed E-state index contributed by atoms with van der Waals surface area (Å²) in [5.74, 6) is 0. The van der Waals surface area contributed by atoms with Gasteiger partial charge in [0.15, 0.2) is 0 Å². The Balaban J connectivity index is 2.60. The smallest absolute Gasteiger partial charge is 0.101 e. The lowest BCUT2D eigenvalue weighted by Gasteiger charge is -2.30. The van der Waals surface area contributed by atoms with E-state index in [0.29, 0.717) is 17.6 Å². The number of anilines is 1. The molecule has 0 aliphatic heterocycles. The molecule has 104 valence electrons. The van der Waals surface area contributed by atoms with Crippen molar-refractivity contribution in [3.05, 3.63) is 28.2 Å². The van der Waals surface area contributed by atoms with Gasteiger partial charge >= 0.3 is 0 Å². The third-order valence-corrected chi connectivity index (χ3v) is 3.61. The van der Waals surface area contributed by atoms with Gasteiger partial charge in [-0.15, -0.1) is 0 Å². The number of nitrogens with zero attached hydrogens (tertiary/aromatic N) is 2. The van der Waals surface area contributed by atoms with Crippen molar-refractivity contribution in [3.63, 3.8) is 0 Å². The first kappa shape index (κ1) is 16.0. The van der Waals surface area contributed by atoms with Crippen LogP contribution >= 0.6 is 15.9 Å². The van der Waals surface area contributed by atoms with Crippen molar-refractivity contribution in [2.45, 2.75) is 39.8 Å². The standard InChI is InChI=1S/C15H22BrN3/c1-11(2)19(12(3)4)8-7-18-15-6-5-14(16)9-13(15)10-17/h5-6,9,11-12,18H,7-8H2,1-4H3. The number of rotatable bonds is 6. The van der Waals surface area contributed by atoms with E-state index in [-0.39, 0.29) is 0 Å². The molecule has 0 atom stereocenters. The van der Waals surface area contributed by atoms with Gasteiger partial charge in [0.05, 0.1) is 11.3 Å². The number of hydrogen-bond donors (Lipinski definition) is 1. The molecule has 19 heavy (non-hydrogen) atoms. The Kier molecular flexibility index (Phi) is 6.33. The topological polar surface area (TPSA) is 39.1 Å². The Labute approximate surface area is 124 Å². The molecule has 1 rings (SSSR count). The molecule has 0 saturated heterocycles. The molecule has 0 radical (unpaired) electrons. The summed E-state index contributed by atoms with van der Waals surface area (Å²) < 4.78 is 0.931. The number of nitrogens with one attached hydrogen (secondary N) is 1. The van der Waals surface area contributed by atoms with E-state index in [1.807, 2.05) is 18.2 Å². The summed E-state index contributed by atoms with van der Waals surface area (Å²) in [4.78, 5) is 2.43. The Bertz CT molecular complexity index is 441. The van der Waals surface area contributed by atoms with E-state index in [2.05, 4.69) is 59.9 Å². The summed E-state index contributed by atoms with van der Waals surface area (Å²) in [6.45, 7) is 10.6. The fraction of sp³-hybridized carbons (Fsp3) is 0.533. The molecule has 1 aromatic carbocycles. The summed E-state index contributed by atoms with van der Waals surface area (Å²) in [7, 11) is 0. The third-order valence-electron chi connectivity index (χ3n) is 3.11. The highest BCUT2D eigenvalue weighted by atomic mass is 79.9. The zero-order valence-corrected chi connectivity index (χ0v) is 13.7. The second-order valence-corrected chi connectivity index (χ2v) is 6.07. The minimum Gasteiger partial charge on any atom is -0.383 e. The van der Waals surface area contributed by atoms with Crippen molar-refractivity contribution in [1.29, 1.82) is 5.26 Å². The van der Waals surface area contributed by atoms with Gasteiger partial charge in [-0.1, -0.05) is 15.9 Å². The molecular formula is C15H22BrN3. The molecule has 1 N–H and O–H groups in total. The lowest BCUT2D eigenvalue weighted by Crippen LogP contribution is -2.40. The molecule has 0 fully saturated rings. The van der Waals surface area contributed by atoms with E-state index in [9.17, 15) is 0 Å². The summed E-state index contributed by atoms with van der Waals surface area (Å²) in [5, 5.41) is 12.5. The molecule has 0 aliphatic carbocycles. The van der Waals surface area contributed by atoms with E-state index in [1.54, 1.807) is 0 Å². The fourth-order valence-corrected chi connectivity index (χ4v) is 2.56. The minimum atomic E-state index is 0.530. The van der Waals surface area contributed by atoms with E-state index in [0.717, 1.165) is 23.2 Å². The number of benzene rings is 1. The molecule has 0 unspecified atom stereocenters.